The number of methoxy groups -OCH3 is 1. The predicted octanol–water partition coefficient (Wildman–Crippen LogP) is 4.70. The van der Waals surface area contributed by atoms with Gasteiger partial charge < -0.3 is 4.74 Å². The molecule has 3 heterocycles. The van der Waals surface area contributed by atoms with Gasteiger partial charge in [0.15, 0.2) is 5.13 Å². The Labute approximate surface area is 220 Å². The van der Waals surface area contributed by atoms with E-state index in [4.69, 9.17) is 9.72 Å². The van der Waals surface area contributed by atoms with Gasteiger partial charge in [-0.3, -0.25) is 14.7 Å². The number of hydrogen-bond donors (Lipinski definition) is 0. The second-order valence-corrected chi connectivity index (χ2v) is 12.0. The molecule has 8 nitrogen and oxygen atoms in total. The molecule has 5 rings (SSSR count). The zero-order chi connectivity index (χ0) is 26.2. The van der Waals surface area contributed by atoms with Crippen LogP contribution in [0.25, 0.3) is 10.2 Å². The van der Waals surface area contributed by atoms with Crippen molar-refractivity contribution in [2.75, 3.05) is 18.6 Å². The van der Waals surface area contributed by atoms with Crippen LogP contribution in [0.15, 0.2) is 65.7 Å². The maximum Gasteiger partial charge on any atom is 0.247 e. The minimum absolute atomic E-state index is 0.176. The van der Waals surface area contributed by atoms with E-state index in [1.54, 1.807) is 42.5 Å². The molecular weight excluding hydrogens is 508 g/mol. The van der Waals surface area contributed by atoms with E-state index in [1.807, 2.05) is 44.2 Å². The van der Waals surface area contributed by atoms with Crippen LogP contribution in [0.1, 0.15) is 29.7 Å². The third-order valence-corrected chi connectivity index (χ3v) is 9.71. The summed E-state index contributed by atoms with van der Waals surface area (Å²) in [5.41, 5.74) is 3.35. The van der Waals surface area contributed by atoms with Gasteiger partial charge in [-0.15, -0.1) is 0 Å². The second-order valence-electron chi connectivity index (χ2n) is 9.09. The quantitative estimate of drug-likeness (QED) is 0.340. The summed E-state index contributed by atoms with van der Waals surface area (Å²) in [6, 6.07) is 15.2. The number of amides is 1. The summed E-state index contributed by atoms with van der Waals surface area (Å²) >= 11 is 1.39. The first-order valence-electron chi connectivity index (χ1n) is 12.0. The molecule has 1 unspecified atom stereocenters. The fraction of sp³-hybridized carbons (Fsp3) is 0.296. The third-order valence-electron chi connectivity index (χ3n) is 6.57. The second kappa shape index (κ2) is 10.2. The molecule has 37 heavy (non-hydrogen) atoms. The van der Waals surface area contributed by atoms with Crippen molar-refractivity contribution in [3.63, 3.8) is 0 Å². The van der Waals surface area contributed by atoms with Gasteiger partial charge in [0.05, 0.1) is 28.9 Å². The van der Waals surface area contributed by atoms with Gasteiger partial charge in [-0.2, -0.15) is 4.31 Å². The van der Waals surface area contributed by atoms with Crippen LogP contribution in [0.5, 0.6) is 5.75 Å². The van der Waals surface area contributed by atoms with Gasteiger partial charge >= 0.3 is 0 Å². The zero-order valence-electron chi connectivity index (χ0n) is 20.9. The van der Waals surface area contributed by atoms with Crippen molar-refractivity contribution >= 4 is 42.6 Å². The molecule has 0 aliphatic carbocycles. The van der Waals surface area contributed by atoms with E-state index in [0.29, 0.717) is 34.9 Å². The Kier molecular flexibility index (Phi) is 6.98. The van der Waals surface area contributed by atoms with E-state index < -0.39 is 16.1 Å². The number of hydrogen-bond acceptors (Lipinski definition) is 7. The van der Waals surface area contributed by atoms with Crippen LogP contribution >= 0.6 is 11.3 Å². The number of rotatable bonds is 7. The lowest BCUT2D eigenvalue weighted by Crippen LogP contribution is -2.47. The van der Waals surface area contributed by atoms with E-state index in [-0.39, 0.29) is 23.9 Å². The summed E-state index contributed by atoms with van der Waals surface area (Å²) in [7, 11) is -2.26. The van der Waals surface area contributed by atoms with Crippen LogP contribution in [0, 0.1) is 13.8 Å². The first-order chi connectivity index (χ1) is 17.8. The Balaban J connectivity index is 1.55. The summed E-state index contributed by atoms with van der Waals surface area (Å²) < 4.78 is 34.9. The van der Waals surface area contributed by atoms with Crippen molar-refractivity contribution in [1.82, 2.24) is 14.3 Å². The van der Waals surface area contributed by atoms with Gasteiger partial charge in [-0.1, -0.05) is 41.2 Å². The number of aryl methyl sites for hydroxylation is 2. The fourth-order valence-corrected chi connectivity index (χ4v) is 7.28. The molecule has 1 saturated heterocycles. The molecule has 0 radical (unpaired) electrons. The van der Waals surface area contributed by atoms with Crippen molar-refractivity contribution < 1.29 is 17.9 Å². The number of anilines is 1. The van der Waals surface area contributed by atoms with Gasteiger partial charge in [0.2, 0.25) is 15.9 Å². The molecule has 0 saturated carbocycles. The van der Waals surface area contributed by atoms with Crippen molar-refractivity contribution in [3.05, 3.63) is 77.6 Å². The lowest BCUT2D eigenvalue weighted by molar-refractivity contribution is -0.121. The number of sulfonamides is 1. The number of fused-ring (bicyclic) bond motifs is 1. The summed E-state index contributed by atoms with van der Waals surface area (Å²) in [4.78, 5) is 25.1. The fourth-order valence-electron chi connectivity index (χ4n) is 4.57. The number of aromatic nitrogens is 2. The van der Waals surface area contributed by atoms with Crippen molar-refractivity contribution in [2.45, 2.75) is 44.2 Å². The molecule has 1 fully saturated rings. The Hall–Kier alpha value is -3.34. The lowest BCUT2D eigenvalue weighted by atomic mass is 10.2. The number of ether oxygens (including phenoxy) is 1. The molecule has 4 aromatic rings. The smallest absolute Gasteiger partial charge is 0.247 e. The van der Waals surface area contributed by atoms with Crippen molar-refractivity contribution in [2.24, 2.45) is 0 Å². The number of benzene rings is 2. The zero-order valence-corrected chi connectivity index (χ0v) is 22.6. The summed E-state index contributed by atoms with van der Waals surface area (Å²) in [6.07, 6.45) is 2.72. The van der Waals surface area contributed by atoms with Crippen LogP contribution in [0.4, 0.5) is 5.13 Å². The van der Waals surface area contributed by atoms with Gasteiger partial charge in [-0.05, 0) is 62.6 Å². The summed E-state index contributed by atoms with van der Waals surface area (Å²) in [5, 5.41) is 0.484. The molecule has 2 aromatic heterocycles. The Bertz CT molecular complexity index is 1540. The van der Waals surface area contributed by atoms with E-state index in [1.165, 1.54) is 15.6 Å². The highest BCUT2D eigenvalue weighted by molar-refractivity contribution is 7.89. The maximum absolute atomic E-state index is 14.1. The van der Waals surface area contributed by atoms with E-state index in [2.05, 4.69) is 4.98 Å². The van der Waals surface area contributed by atoms with Gasteiger partial charge in [0.25, 0.3) is 0 Å². The number of carbonyl (C=O) groups excluding carboxylic acids is 1. The first-order valence-corrected chi connectivity index (χ1v) is 14.3. The van der Waals surface area contributed by atoms with Crippen LogP contribution in [0.2, 0.25) is 0 Å². The Morgan fingerprint density at radius 1 is 1.14 bits per heavy atom. The third kappa shape index (κ3) is 4.84. The van der Waals surface area contributed by atoms with Crippen LogP contribution in [0.3, 0.4) is 0 Å². The van der Waals surface area contributed by atoms with Crippen LogP contribution in [-0.2, 0) is 21.4 Å². The largest absolute Gasteiger partial charge is 0.494 e. The normalized spacial score (nSPS) is 16.2. The highest BCUT2D eigenvalue weighted by atomic mass is 32.2. The van der Waals surface area contributed by atoms with Gasteiger partial charge in [0.1, 0.15) is 17.3 Å². The summed E-state index contributed by atoms with van der Waals surface area (Å²) in [5.74, 6) is 0.312. The molecule has 1 amide bonds. The average molecular weight is 537 g/mol. The predicted molar refractivity (Wildman–Crippen MR) is 144 cm³/mol. The van der Waals surface area contributed by atoms with Crippen LogP contribution < -0.4 is 9.64 Å². The van der Waals surface area contributed by atoms with E-state index in [9.17, 15) is 13.2 Å². The Morgan fingerprint density at radius 2 is 1.92 bits per heavy atom. The molecule has 0 N–H and O–H groups in total. The molecule has 192 valence electrons. The van der Waals surface area contributed by atoms with Crippen molar-refractivity contribution in [1.29, 1.82) is 0 Å². The topological polar surface area (TPSA) is 92.7 Å². The SMILES string of the molecule is COc1ccc(C)c2sc(N(Cc3ccccn3)C(=O)C3CCCN3S(=O)(=O)c3ccc(C)cc3)nc12. The van der Waals surface area contributed by atoms with Gasteiger partial charge in [0, 0.05) is 12.7 Å². The molecule has 0 spiro atoms. The number of nitrogens with zero attached hydrogens (tertiary/aromatic N) is 4. The monoisotopic (exact) mass is 536 g/mol. The minimum Gasteiger partial charge on any atom is -0.494 e. The highest BCUT2D eigenvalue weighted by Gasteiger charge is 2.42. The number of pyridine rings is 1. The summed E-state index contributed by atoms with van der Waals surface area (Å²) in [6.45, 7) is 4.36. The molecular formula is C27H28N4O4S2. The van der Waals surface area contributed by atoms with E-state index in [0.717, 1.165) is 15.8 Å². The average Bonchev–Trinajstić information content (AvgIpc) is 3.57. The molecule has 1 aliphatic heterocycles. The lowest BCUT2D eigenvalue weighted by Gasteiger charge is -2.28. The highest BCUT2D eigenvalue weighted by Crippen LogP contribution is 2.38. The van der Waals surface area contributed by atoms with Gasteiger partial charge in [-0.25, -0.2) is 13.4 Å². The standard InChI is InChI=1S/C27H28N4O4S2/c1-18-9-12-21(13-10-18)37(33,34)31-16-6-8-22(31)26(32)30(17-20-7-4-5-15-28-20)27-29-24-23(35-3)14-11-19(2)25(24)36-27/h4-5,7,9-15,22H,6,8,16-17H2,1-3H3. The molecule has 10 heteroatoms. The number of carbonyl (C=O) groups is 1. The maximum atomic E-state index is 14.1. The van der Waals surface area contributed by atoms with E-state index >= 15 is 0 Å². The first kappa shape index (κ1) is 25.3. The molecule has 1 aliphatic rings. The van der Waals surface area contributed by atoms with Crippen molar-refractivity contribution in [3.8, 4) is 5.75 Å². The Morgan fingerprint density at radius 3 is 2.62 bits per heavy atom. The molecule has 0 bridgehead atoms. The molecule has 2 aromatic carbocycles. The minimum atomic E-state index is -3.85. The molecule has 1 atom stereocenters. The van der Waals surface area contributed by atoms with Crippen LogP contribution in [-0.4, -0.2) is 48.3 Å². The number of thiazole rings is 1.